The molecule has 0 saturated heterocycles. The van der Waals surface area contributed by atoms with E-state index in [0.717, 1.165) is 16.3 Å². The molecule has 0 aliphatic rings. The summed E-state index contributed by atoms with van der Waals surface area (Å²) in [6.07, 6.45) is 0.488. The van der Waals surface area contributed by atoms with Crippen LogP contribution >= 0.6 is 11.3 Å². The second-order valence-electron chi connectivity index (χ2n) is 6.70. The van der Waals surface area contributed by atoms with Gasteiger partial charge in [-0.25, -0.2) is 18.1 Å². The Hall–Kier alpha value is -2.82. The van der Waals surface area contributed by atoms with E-state index in [4.69, 9.17) is 18.9 Å². The summed E-state index contributed by atoms with van der Waals surface area (Å²) >= 11 is 1.49. The molecule has 0 spiro atoms. The predicted octanol–water partition coefficient (Wildman–Crippen LogP) is 3.38. The molecule has 3 aromatic rings. The molecule has 0 saturated carbocycles. The van der Waals surface area contributed by atoms with Crippen molar-refractivity contribution in [2.45, 2.75) is 6.42 Å². The maximum Gasteiger partial charge on any atom is 0.214 e. The standard InChI is InChI=1S/C22H26N2O6S2/c1-27-18-5-7-19(8-6-18)30-12-13-32(25,26)23-11-10-17-15-31-22(24-17)16-4-9-20(28-2)21(14-16)29-3/h4-9,14-15,23H,10-13H2,1-3H3. The van der Waals surface area contributed by atoms with Crippen molar-refractivity contribution in [3.05, 3.63) is 53.5 Å². The highest BCUT2D eigenvalue weighted by Crippen LogP contribution is 2.33. The fraction of sp³-hybridized carbons (Fsp3) is 0.318. The predicted molar refractivity (Wildman–Crippen MR) is 125 cm³/mol. The normalized spacial score (nSPS) is 11.2. The van der Waals surface area contributed by atoms with Crippen molar-refractivity contribution in [1.82, 2.24) is 9.71 Å². The lowest BCUT2D eigenvalue weighted by Gasteiger charge is -2.09. The van der Waals surface area contributed by atoms with Gasteiger partial charge < -0.3 is 18.9 Å². The monoisotopic (exact) mass is 478 g/mol. The Morgan fingerprint density at radius 3 is 2.34 bits per heavy atom. The minimum atomic E-state index is -3.45. The highest BCUT2D eigenvalue weighted by atomic mass is 32.2. The molecule has 3 rings (SSSR count). The Morgan fingerprint density at radius 1 is 0.938 bits per heavy atom. The van der Waals surface area contributed by atoms with E-state index in [9.17, 15) is 8.42 Å². The van der Waals surface area contributed by atoms with Crippen LogP contribution in [0.2, 0.25) is 0 Å². The SMILES string of the molecule is COc1ccc(OCCS(=O)(=O)NCCc2csc(-c3ccc(OC)c(OC)c3)n2)cc1. The van der Waals surface area contributed by atoms with Crippen LogP contribution in [0, 0.1) is 0 Å². The first-order valence-corrected chi connectivity index (χ1v) is 12.4. The zero-order valence-corrected chi connectivity index (χ0v) is 19.8. The van der Waals surface area contributed by atoms with Gasteiger partial charge in [-0.3, -0.25) is 0 Å². The number of aromatic nitrogens is 1. The molecule has 10 heteroatoms. The van der Waals surface area contributed by atoms with Crippen molar-refractivity contribution in [2.75, 3.05) is 40.2 Å². The molecule has 0 fully saturated rings. The quantitative estimate of drug-likeness (QED) is 0.426. The van der Waals surface area contributed by atoms with Crippen molar-refractivity contribution >= 4 is 21.4 Å². The first-order valence-electron chi connectivity index (χ1n) is 9.85. The molecule has 0 unspecified atom stereocenters. The molecule has 32 heavy (non-hydrogen) atoms. The summed E-state index contributed by atoms with van der Waals surface area (Å²) in [5.41, 5.74) is 1.73. The van der Waals surface area contributed by atoms with Gasteiger partial charge in [-0.1, -0.05) is 0 Å². The number of methoxy groups -OCH3 is 3. The van der Waals surface area contributed by atoms with E-state index in [1.165, 1.54) is 11.3 Å². The summed E-state index contributed by atoms with van der Waals surface area (Å²) in [6.45, 7) is 0.321. The minimum absolute atomic E-state index is 0.0574. The minimum Gasteiger partial charge on any atom is -0.497 e. The summed E-state index contributed by atoms with van der Waals surface area (Å²) in [7, 11) is 1.30. The zero-order chi connectivity index (χ0) is 23.0. The van der Waals surface area contributed by atoms with Crippen LogP contribution in [0.5, 0.6) is 23.0 Å². The third-order valence-electron chi connectivity index (χ3n) is 4.57. The van der Waals surface area contributed by atoms with Crippen molar-refractivity contribution < 1.29 is 27.4 Å². The third-order valence-corrected chi connectivity index (χ3v) is 6.85. The maximum absolute atomic E-state index is 12.2. The van der Waals surface area contributed by atoms with Crippen LogP contribution in [0.15, 0.2) is 47.8 Å². The second-order valence-corrected chi connectivity index (χ2v) is 9.49. The van der Waals surface area contributed by atoms with Crippen LogP contribution in [0.25, 0.3) is 10.6 Å². The molecule has 0 aliphatic heterocycles. The van der Waals surface area contributed by atoms with Gasteiger partial charge in [0.05, 0.1) is 32.8 Å². The maximum atomic E-state index is 12.2. The van der Waals surface area contributed by atoms with Crippen LogP contribution in [0.3, 0.4) is 0 Å². The molecule has 172 valence electrons. The van der Waals surface area contributed by atoms with Gasteiger partial charge in [-0.2, -0.15) is 0 Å². The lowest BCUT2D eigenvalue weighted by Crippen LogP contribution is -2.30. The van der Waals surface area contributed by atoms with Crippen LogP contribution in [0.1, 0.15) is 5.69 Å². The Bertz CT molecular complexity index is 1110. The largest absolute Gasteiger partial charge is 0.497 e. The van der Waals surface area contributed by atoms with Gasteiger partial charge >= 0.3 is 0 Å². The Labute approximate surface area is 192 Å². The van der Waals surface area contributed by atoms with E-state index < -0.39 is 10.0 Å². The lowest BCUT2D eigenvalue weighted by atomic mass is 10.2. The molecular formula is C22H26N2O6S2. The van der Waals surface area contributed by atoms with Gasteiger partial charge in [0.2, 0.25) is 10.0 Å². The van der Waals surface area contributed by atoms with Crippen molar-refractivity contribution in [1.29, 1.82) is 0 Å². The van der Waals surface area contributed by atoms with Crippen LogP contribution in [-0.2, 0) is 16.4 Å². The number of nitrogens with zero attached hydrogens (tertiary/aromatic N) is 1. The molecule has 0 atom stereocenters. The number of hydrogen-bond acceptors (Lipinski definition) is 8. The Balaban J connectivity index is 1.47. The second kappa shape index (κ2) is 11.2. The fourth-order valence-corrected chi connectivity index (χ4v) is 4.58. The number of hydrogen-bond donors (Lipinski definition) is 1. The van der Waals surface area contributed by atoms with Crippen LogP contribution in [0.4, 0.5) is 0 Å². The highest BCUT2D eigenvalue weighted by Gasteiger charge is 2.12. The lowest BCUT2D eigenvalue weighted by molar-refractivity contribution is 0.339. The smallest absolute Gasteiger partial charge is 0.214 e. The topological polar surface area (TPSA) is 96.0 Å². The van der Waals surface area contributed by atoms with E-state index in [0.29, 0.717) is 29.4 Å². The van der Waals surface area contributed by atoms with Gasteiger partial charge in [0.1, 0.15) is 23.1 Å². The number of nitrogens with one attached hydrogen (secondary N) is 1. The van der Waals surface area contributed by atoms with E-state index in [-0.39, 0.29) is 18.9 Å². The molecule has 0 bridgehead atoms. The van der Waals surface area contributed by atoms with Crippen LogP contribution in [-0.4, -0.2) is 53.6 Å². The van der Waals surface area contributed by atoms with Gasteiger partial charge in [0.25, 0.3) is 0 Å². The first kappa shape index (κ1) is 23.8. The molecule has 0 amide bonds. The third kappa shape index (κ3) is 6.59. The molecular weight excluding hydrogens is 452 g/mol. The Kier molecular flexibility index (Phi) is 8.32. The van der Waals surface area contributed by atoms with E-state index in [2.05, 4.69) is 9.71 Å². The fourth-order valence-electron chi connectivity index (χ4n) is 2.87. The number of thiazole rings is 1. The molecule has 1 N–H and O–H groups in total. The molecule has 1 aromatic heterocycles. The average molecular weight is 479 g/mol. The van der Waals surface area contributed by atoms with E-state index >= 15 is 0 Å². The summed E-state index contributed by atoms with van der Waals surface area (Å²) in [5, 5.41) is 2.75. The summed E-state index contributed by atoms with van der Waals surface area (Å²) in [6, 6.07) is 12.6. The zero-order valence-electron chi connectivity index (χ0n) is 18.2. The Morgan fingerprint density at radius 2 is 1.66 bits per heavy atom. The van der Waals surface area contributed by atoms with Gasteiger partial charge in [-0.05, 0) is 42.5 Å². The average Bonchev–Trinajstić information content (AvgIpc) is 3.27. The molecule has 8 nitrogen and oxygen atoms in total. The summed E-state index contributed by atoms with van der Waals surface area (Å²) < 4.78 is 48.2. The van der Waals surface area contributed by atoms with E-state index in [1.54, 1.807) is 45.6 Å². The first-order chi connectivity index (χ1) is 15.4. The highest BCUT2D eigenvalue weighted by molar-refractivity contribution is 7.89. The number of ether oxygens (including phenoxy) is 4. The molecule has 0 aliphatic carbocycles. The summed E-state index contributed by atoms with van der Waals surface area (Å²) in [5.74, 6) is 2.45. The molecule has 1 heterocycles. The number of rotatable bonds is 12. The van der Waals surface area contributed by atoms with E-state index in [1.807, 2.05) is 23.6 Å². The van der Waals surface area contributed by atoms with Crippen molar-refractivity contribution in [3.8, 4) is 33.6 Å². The summed E-state index contributed by atoms with van der Waals surface area (Å²) in [4.78, 5) is 4.60. The van der Waals surface area contributed by atoms with Crippen molar-refractivity contribution in [3.63, 3.8) is 0 Å². The van der Waals surface area contributed by atoms with Crippen LogP contribution < -0.4 is 23.7 Å². The number of sulfonamides is 1. The molecule has 2 aromatic carbocycles. The van der Waals surface area contributed by atoms with Gasteiger partial charge in [0.15, 0.2) is 11.5 Å². The number of benzene rings is 2. The van der Waals surface area contributed by atoms with Gasteiger partial charge in [0, 0.05) is 23.9 Å². The van der Waals surface area contributed by atoms with Crippen molar-refractivity contribution in [2.24, 2.45) is 0 Å². The molecule has 0 radical (unpaired) electrons. The van der Waals surface area contributed by atoms with Gasteiger partial charge in [-0.15, -0.1) is 11.3 Å².